The van der Waals surface area contributed by atoms with Crippen molar-refractivity contribution in [1.82, 2.24) is 4.57 Å². The first kappa shape index (κ1) is 17.5. The molecule has 2 aliphatic rings. The summed E-state index contributed by atoms with van der Waals surface area (Å²) < 4.78 is 13.9. The number of rotatable bonds is 3. The van der Waals surface area contributed by atoms with E-state index in [0.29, 0.717) is 18.0 Å². The number of allylic oxidation sites excluding steroid dienone is 4. The van der Waals surface area contributed by atoms with Crippen molar-refractivity contribution in [2.75, 3.05) is 14.2 Å². The van der Waals surface area contributed by atoms with E-state index in [1.807, 2.05) is 12.3 Å². The molecular weight excluding hydrogens is 340 g/mol. The number of benzene rings is 1. The van der Waals surface area contributed by atoms with Crippen LogP contribution >= 0.6 is 0 Å². The van der Waals surface area contributed by atoms with Crippen LogP contribution in [0.4, 0.5) is 0 Å². The highest BCUT2D eigenvalue weighted by Crippen LogP contribution is 2.39. The Labute approximate surface area is 159 Å². The zero-order chi connectivity index (χ0) is 19.1. The normalized spacial score (nSPS) is 18.5. The van der Waals surface area contributed by atoms with E-state index in [4.69, 9.17) is 9.47 Å². The molecule has 0 amide bonds. The molecule has 4 rings (SSSR count). The fraction of sp³-hybridized carbons (Fsp3) is 0.318. The van der Waals surface area contributed by atoms with E-state index in [1.165, 1.54) is 22.3 Å². The third-order valence-electron chi connectivity index (χ3n) is 5.52. The third kappa shape index (κ3) is 2.83. The van der Waals surface area contributed by atoms with Crippen molar-refractivity contribution in [1.29, 1.82) is 0 Å². The van der Waals surface area contributed by atoms with Crippen LogP contribution in [0.5, 0.6) is 11.5 Å². The van der Waals surface area contributed by atoms with E-state index >= 15 is 0 Å². The second-order valence-corrected chi connectivity index (χ2v) is 7.17. The maximum absolute atomic E-state index is 12.8. The van der Waals surface area contributed by atoms with Gasteiger partial charge in [-0.25, -0.2) is 0 Å². The highest BCUT2D eigenvalue weighted by atomic mass is 16.5. The van der Waals surface area contributed by atoms with Gasteiger partial charge in [0.05, 0.1) is 26.3 Å². The summed E-state index contributed by atoms with van der Waals surface area (Å²) in [6, 6.07) is 6.37. The molecule has 0 fully saturated rings. The predicted molar refractivity (Wildman–Crippen MR) is 106 cm³/mol. The quantitative estimate of drug-likeness (QED) is 0.610. The highest BCUT2D eigenvalue weighted by Gasteiger charge is 2.32. The SMILES string of the molecule is COc1cn2c(c1OC)C=[N+]([O-])C1=CC=C(c3c(C)cccc3C)C[C@H]1C2. The van der Waals surface area contributed by atoms with Gasteiger partial charge in [0, 0.05) is 12.6 Å². The van der Waals surface area contributed by atoms with Crippen molar-refractivity contribution in [3.05, 3.63) is 69.8 Å². The number of methoxy groups -OCH3 is 2. The second kappa shape index (κ2) is 6.65. The van der Waals surface area contributed by atoms with Gasteiger partial charge in [-0.1, -0.05) is 24.3 Å². The average Bonchev–Trinajstić information content (AvgIpc) is 2.91. The van der Waals surface area contributed by atoms with Crippen LogP contribution in [-0.2, 0) is 6.54 Å². The third-order valence-corrected chi connectivity index (χ3v) is 5.52. The Balaban J connectivity index is 1.77. The molecule has 0 saturated heterocycles. The van der Waals surface area contributed by atoms with Gasteiger partial charge in [-0.05, 0) is 42.5 Å². The van der Waals surface area contributed by atoms with E-state index in [0.717, 1.165) is 22.6 Å². The Bertz CT molecular complexity index is 975. The lowest BCUT2D eigenvalue weighted by molar-refractivity contribution is -0.404. The highest BCUT2D eigenvalue weighted by molar-refractivity contribution is 5.81. The van der Waals surface area contributed by atoms with Gasteiger partial charge in [-0.3, -0.25) is 0 Å². The maximum atomic E-state index is 12.8. The molecule has 2 aromatic rings. The first-order valence-corrected chi connectivity index (χ1v) is 9.13. The van der Waals surface area contributed by atoms with Crippen LogP contribution < -0.4 is 9.47 Å². The van der Waals surface area contributed by atoms with E-state index in [-0.39, 0.29) is 5.92 Å². The fourth-order valence-electron chi connectivity index (χ4n) is 4.26. The van der Waals surface area contributed by atoms with Gasteiger partial charge in [-0.2, -0.15) is 4.74 Å². The van der Waals surface area contributed by atoms with Gasteiger partial charge >= 0.3 is 0 Å². The van der Waals surface area contributed by atoms with Gasteiger partial charge in [0.15, 0.2) is 22.9 Å². The molecule has 1 aromatic carbocycles. The van der Waals surface area contributed by atoms with Crippen LogP contribution in [0.25, 0.3) is 5.57 Å². The van der Waals surface area contributed by atoms with E-state index in [1.54, 1.807) is 20.4 Å². The Kier molecular flexibility index (Phi) is 4.30. The summed E-state index contributed by atoms with van der Waals surface area (Å²) >= 11 is 0. The zero-order valence-corrected chi connectivity index (χ0v) is 16.2. The Morgan fingerprint density at radius 3 is 2.52 bits per heavy atom. The molecule has 0 saturated carbocycles. The number of nitrogens with zero attached hydrogens (tertiary/aromatic N) is 2. The van der Waals surface area contributed by atoms with Gasteiger partial charge in [0.2, 0.25) is 6.21 Å². The van der Waals surface area contributed by atoms with Gasteiger partial charge in [-0.15, -0.1) is 0 Å². The smallest absolute Gasteiger partial charge is 0.208 e. The molecule has 1 aliphatic heterocycles. The lowest BCUT2D eigenvalue weighted by Gasteiger charge is -2.23. The van der Waals surface area contributed by atoms with Crippen molar-refractivity contribution in [3.8, 4) is 11.5 Å². The minimum Gasteiger partial charge on any atom is -0.618 e. The topological polar surface area (TPSA) is 49.5 Å². The molecule has 0 spiro atoms. The molecule has 140 valence electrons. The number of fused-ring (bicyclic) bond motifs is 2. The molecule has 2 heterocycles. The molecule has 1 aliphatic carbocycles. The van der Waals surface area contributed by atoms with Crippen LogP contribution in [0.3, 0.4) is 0 Å². The van der Waals surface area contributed by atoms with Crippen LogP contribution in [-0.4, -0.2) is 29.7 Å². The number of aromatic nitrogens is 1. The fourth-order valence-corrected chi connectivity index (χ4v) is 4.26. The number of ether oxygens (including phenoxy) is 2. The molecule has 0 bridgehead atoms. The standard InChI is InChI=1S/C22H24N2O3/c1-14-6-5-7-15(2)21(14)16-8-9-18-17(10-16)11-23-13-20(26-3)22(27-4)19(23)12-24(18)25/h5-9,12-13,17H,10-11H2,1-4H3/t17-/m0/s1. The molecule has 0 N–H and O–H groups in total. The van der Waals surface area contributed by atoms with Gasteiger partial charge in [0.1, 0.15) is 0 Å². The largest absolute Gasteiger partial charge is 0.618 e. The molecule has 5 heteroatoms. The van der Waals surface area contributed by atoms with Crippen LogP contribution in [0, 0.1) is 25.0 Å². The number of hydroxylamine groups is 1. The van der Waals surface area contributed by atoms with Crippen molar-refractivity contribution in [2.45, 2.75) is 26.8 Å². The molecule has 27 heavy (non-hydrogen) atoms. The zero-order valence-electron chi connectivity index (χ0n) is 16.2. The van der Waals surface area contributed by atoms with Crippen molar-refractivity contribution >= 4 is 11.8 Å². The van der Waals surface area contributed by atoms with Crippen molar-refractivity contribution in [2.24, 2.45) is 5.92 Å². The minimum atomic E-state index is 0.0980. The monoisotopic (exact) mass is 364 g/mol. The number of hydrogen-bond donors (Lipinski definition) is 0. The predicted octanol–water partition coefficient (Wildman–Crippen LogP) is 4.05. The summed E-state index contributed by atoms with van der Waals surface area (Å²) in [6.07, 6.45) is 8.39. The summed E-state index contributed by atoms with van der Waals surface area (Å²) in [5.41, 5.74) is 6.64. The summed E-state index contributed by atoms with van der Waals surface area (Å²) in [5.74, 6) is 1.34. The Morgan fingerprint density at radius 1 is 1.11 bits per heavy atom. The average molecular weight is 364 g/mol. The van der Waals surface area contributed by atoms with E-state index < -0.39 is 0 Å². The molecule has 1 atom stereocenters. The lowest BCUT2D eigenvalue weighted by atomic mass is 9.84. The van der Waals surface area contributed by atoms with Crippen LogP contribution in [0.1, 0.15) is 28.8 Å². The second-order valence-electron chi connectivity index (χ2n) is 7.17. The number of aryl methyl sites for hydroxylation is 2. The summed E-state index contributed by atoms with van der Waals surface area (Å²) in [7, 11) is 3.21. The summed E-state index contributed by atoms with van der Waals surface area (Å²) in [5, 5.41) is 12.8. The van der Waals surface area contributed by atoms with Gasteiger partial charge in [0.25, 0.3) is 0 Å². The first-order chi connectivity index (χ1) is 13.0. The van der Waals surface area contributed by atoms with Crippen molar-refractivity contribution in [3.63, 3.8) is 0 Å². The Hall–Kier alpha value is -2.95. The Morgan fingerprint density at radius 2 is 1.85 bits per heavy atom. The summed E-state index contributed by atoms with van der Waals surface area (Å²) in [6.45, 7) is 4.99. The maximum Gasteiger partial charge on any atom is 0.208 e. The molecule has 1 aromatic heterocycles. The van der Waals surface area contributed by atoms with E-state index in [2.05, 4.69) is 42.7 Å². The van der Waals surface area contributed by atoms with E-state index in [9.17, 15) is 5.21 Å². The molecular formula is C22H24N2O3. The van der Waals surface area contributed by atoms with Crippen LogP contribution in [0.15, 0.2) is 42.2 Å². The molecule has 5 nitrogen and oxygen atoms in total. The summed E-state index contributed by atoms with van der Waals surface area (Å²) in [4.78, 5) is 0. The minimum absolute atomic E-state index is 0.0980. The first-order valence-electron chi connectivity index (χ1n) is 9.13. The molecule has 0 unspecified atom stereocenters. The lowest BCUT2D eigenvalue weighted by Crippen LogP contribution is -2.19. The van der Waals surface area contributed by atoms with Crippen LogP contribution in [0.2, 0.25) is 0 Å². The number of hydrogen-bond acceptors (Lipinski definition) is 3. The van der Waals surface area contributed by atoms with Crippen molar-refractivity contribution < 1.29 is 14.2 Å². The van der Waals surface area contributed by atoms with Gasteiger partial charge < -0.3 is 19.2 Å². The molecule has 0 radical (unpaired) electrons.